The van der Waals surface area contributed by atoms with E-state index in [4.69, 9.17) is 9.47 Å². The number of ether oxygens (including phenoxy) is 2. The third-order valence-corrected chi connectivity index (χ3v) is 5.68. The molecule has 0 spiro atoms. The monoisotopic (exact) mass is 521 g/mol. The van der Waals surface area contributed by atoms with Crippen molar-refractivity contribution in [2.24, 2.45) is 0 Å². The number of nitrogens with zero attached hydrogens (tertiary/aromatic N) is 1. The Kier molecular flexibility index (Phi) is 7.38. The van der Waals surface area contributed by atoms with Gasteiger partial charge in [-0.2, -0.15) is 0 Å². The Bertz CT molecular complexity index is 956. The van der Waals surface area contributed by atoms with Crippen molar-refractivity contribution < 1.29 is 19.1 Å². The van der Waals surface area contributed by atoms with Gasteiger partial charge in [0, 0.05) is 3.57 Å². The van der Waals surface area contributed by atoms with E-state index < -0.39 is 0 Å². The van der Waals surface area contributed by atoms with Gasteiger partial charge in [-0.15, -0.1) is 0 Å². The zero-order valence-corrected chi connectivity index (χ0v) is 18.9. The van der Waals surface area contributed by atoms with Crippen molar-refractivity contribution in [3.63, 3.8) is 0 Å². The Morgan fingerprint density at radius 1 is 1.10 bits per heavy atom. The van der Waals surface area contributed by atoms with Crippen molar-refractivity contribution >= 4 is 51.6 Å². The summed E-state index contributed by atoms with van der Waals surface area (Å²) in [5, 5.41) is -0.268. The molecule has 2 amide bonds. The van der Waals surface area contributed by atoms with Crippen LogP contribution >= 0.6 is 34.4 Å². The average Bonchev–Trinajstić information content (AvgIpc) is 2.96. The maximum Gasteiger partial charge on any atom is 0.293 e. The zero-order valence-electron chi connectivity index (χ0n) is 15.9. The smallest absolute Gasteiger partial charge is 0.293 e. The molecule has 0 aliphatic carbocycles. The van der Waals surface area contributed by atoms with Gasteiger partial charge in [-0.3, -0.25) is 14.5 Å². The van der Waals surface area contributed by atoms with Crippen LogP contribution in [-0.4, -0.2) is 29.3 Å². The summed E-state index contributed by atoms with van der Waals surface area (Å²) in [6.07, 6.45) is 3.37. The summed E-state index contributed by atoms with van der Waals surface area (Å²) in [6, 6.07) is 13.2. The van der Waals surface area contributed by atoms with Crippen LogP contribution in [0.5, 0.6) is 11.5 Å². The van der Waals surface area contributed by atoms with Crippen LogP contribution in [0.25, 0.3) is 6.08 Å². The van der Waals surface area contributed by atoms with Gasteiger partial charge < -0.3 is 9.47 Å². The second-order valence-corrected chi connectivity index (χ2v) is 8.37. The standard InChI is InChI=1S/C22H20INO4S/c1-3-11-28-18-10-7-16(12-19(18)27-4-2)13-20-21(25)24(22(26)29-20)14-15-5-8-17(23)9-6-15/h3,5-10,12-13H,1,4,11,14H2,2H3/b20-13+. The van der Waals surface area contributed by atoms with Crippen molar-refractivity contribution in [1.82, 2.24) is 4.90 Å². The molecule has 0 N–H and O–H groups in total. The normalized spacial score (nSPS) is 15.1. The minimum absolute atomic E-state index is 0.261. The first-order valence-corrected chi connectivity index (χ1v) is 10.9. The van der Waals surface area contributed by atoms with Crippen molar-refractivity contribution in [1.29, 1.82) is 0 Å². The summed E-state index contributed by atoms with van der Waals surface area (Å²) in [6.45, 7) is 6.65. The number of rotatable bonds is 8. The highest BCUT2D eigenvalue weighted by molar-refractivity contribution is 14.1. The molecule has 150 valence electrons. The average molecular weight is 521 g/mol. The van der Waals surface area contributed by atoms with E-state index in [0.29, 0.717) is 29.6 Å². The molecule has 0 radical (unpaired) electrons. The van der Waals surface area contributed by atoms with Crippen LogP contribution < -0.4 is 9.47 Å². The van der Waals surface area contributed by atoms with Gasteiger partial charge in [-0.25, -0.2) is 0 Å². The molecular formula is C22H20INO4S. The molecule has 0 atom stereocenters. The molecule has 2 aromatic carbocycles. The summed E-state index contributed by atoms with van der Waals surface area (Å²) in [4.78, 5) is 26.8. The first kappa shape index (κ1) is 21.4. The van der Waals surface area contributed by atoms with Gasteiger partial charge in [0.25, 0.3) is 11.1 Å². The number of halogens is 1. The highest BCUT2D eigenvalue weighted by Gasteiger charge is 2.35. The molecule has 1 saturated heterocycles. The third-order valence-electron chi connectivity index (χ3n) is 4.05. The van der Waals surface area contributed by atoms with Crippen LogP contribution in [0.2, 0.25) is 0 Å². The molecule has 29 heavy (non-hydrogen) atoms. The lowest BCUT2D eigenvalue weighted by atomic mass is 10.1. The van der Waals surface area contributed by atoms with Crippen LogP contribution in [0.1, 0.15) is 18.1 Å². The molecule has 1 heterocycles. The highest BCUT2D eigenvalue weighted by atomic mass is 127. The molecule has 7 heteroatoms. The molecule has 0 saturated carbocycles. The fourth-order valence-corrected chi connectivity index (χ4v) is 3.91. The van der Waals surface area contributed by atoms with Gasteiger partial charge in [0.05, 0.1) is 18.1 Å². The number of imide groups is 1. The number of amides is 2. The minimum Gasteiger partial charge on any atom is -0.490 e. The third kappa shape index (κ3) is 5.42. The van der Waals surface area contributed by atoms with Crippen molar-refractivity contribution in [3.05, 3.63) is 74.7 Å². The van der Waals surface area contributed by atoms with Gasteiger partial charge in [0.15, 0.2) is 11.5 Å². The minimum atomic E-state index is -0.288. The summed E-state index contributed by atoms with van der Waals surface area (Å²) in [5.74, 6) is 0.903. The Morgan fingerprint density at radius 3 is 2.55 bits per heavy atom. The lowest BCUT2D eigenvalue weighted by molar-refractivity contribution is -0.123. The van der Waals surface area contributed by atoms with Gasteiger partial charge in [-0.05, 0) is 82.7 Å². The van der Waals surface area contributed by atoms with Crippen LogP contribution in [0.15, 0.2) is 60.0 Å². The Morgan fingerprint density at radius 2 is 1.86 bits per heavy atom. The SMILES string of the molecule is C=CCOc1ccc(/C=C2/SC(=O)N(Cc3ccc(I)cc3)C2=O)cc1OCC. The van der Waals surface area contributed by atoms with Gasteiger partial charge in [0.2, 0.25) is 0 Å². The fraction of sp³-hybridized carbons (Fsp3) is 0.182. The number of benzene rings is 2. The van der Waals surface area contributed by atoms with Crippen molar-refractivity contribution in [2.75, 3.05) is 13.2 Å². The predicted octanol–water partition coefficient (Wildman–Crippen LogP) is 5.49. The molecule has 1 fully saturated rings. The number of hydrogen-bond donors (Lipinski definition) is 0. The summed E-state index contributed by atoms with van der Waals surface area (Å²) >= 11 is 3.17. The Balaban J connectivity index is 1.80. The van der Waals surface area contributed by atoms with E-state index in [1.54, 1.807) is 24.3 Å². The summed E-state index contributed by atoms with van der Waals surface area (Å²) < 4.78 is 12.3. The molecule has 1 aliphatic heterocycles. The van der Waals surface area contributed by atoms with E-state index in [1.807, 2.05) is 37.3 Å². The topological polar surface area (TPSA) is 55.8 Å². The molecule has 0 aromatic heterocycles. The van der Waals surface area contributed by atoms with E-state index >= 15 is 0 Å². The lowest BCUT2D eigenvalue weighted by Crippen LogP contribution is -2.27. The Hall–Kier alpha value is -2.26. The first-order valence-electron chi connectivity index (χ1n) is 9.02. The molecule has 1 aliphatic rings. The number of carbonyl (C=O) groups excluding carboxylic acids is 2. The largest absolute Gasteiger partial charge is 0.490 e. The van der Waals surface area contributed by atoms with Crippen molar-refractivity contribution in [2.45, 2.75) is 13.5 Å². The van der Waals surface area contributed by atoms with E-state index in [0.717, 1.165) is 26.5 Å². The van der Waals surface area contributed by atoms with Gasteiger partial charge >= 0.3 is 0 Å². The van der Waals surface area contributed by atoms with Crippen LogP contribution in [0, 0.1) is 3.57 Å². The number of hydrogen-bond acceptors (Lipinski definition) is 5. The quantitative estimate of drug-likeness (QED) is 0.261. The molecule has 5 nitrogen and oxygen atoms in total. The molecule has 0 bridgehead atoms. The molecule has 3 rings (SSSR count). The van der Waals surface area contributed by atoms with Crippen LogP contribution in [-0.2, 0) is 11.3 Å². The van der Waals surface area contributed by atoms with Crippen molar-refractivity contribution in [3.8, 4) is 11.5 Å². The molecular weight excluding hydrogens is 501 g/mol. The molecule has 0 unspecified atom stereocenters. The number of thioether (sulfide) groups is 1. The number of carbonyl (C=O) groups is 2. The second-order valence-electron chi connectivity index (χ2n) is 6.13. The van der Waals surface area contributed by atoms with Crippen LogP contribution in [0.4, 0.5) is 4.79 Å². The maximum atomic E-state index is 12.8. The van der Waals surface area contributed by atoms with Gasteiger partial charge in [-0.1, -0.05) is 30.9 Å². The first-order chi connectivity index (χ1) is 14.0. The Labute approximate surface area is 187 Å². The maximum absolute atomic E-state index is 12.8. The fourth-order valence-electron chi connectivity index (χ4n) is 2.71. The van der Waals surface area contributed by atoms with E-state index in [-0.39, 0.29) is 17.7 Å². The summed E-state index contributed by atoms with van der Waals surface area (Å²) in [7, 11) is 0. The second kappa shape index (κ2) is 9.98. The molecule has 2 aromatic rings. The van der Waals surface area contributed by atoms with Gasteiger partial charge in [0.1, 0.15) is 6.61 Å². The summed E-state index contributed by atoms with van der Waals surface area (Å²) in [5.41, 5.74) is 1.68. The zero-order chi connectivity index (χ0) is 20.8. The van der Waals surface area contributed by atoms with E-state index in [9.17, 15) is 9.59 Å². The van der Waals surface area contributed by atoms with Crippen LogP contribution in [0.3, 0.4) is 0 Å². The van der Waals surface area contributed by atoms with E-state index in [1.165, 1.54) is 4.90 Å². The lowest BCUT2D eigenvalue weighted by Gasteiger charge is -2.12. The predicted molar refractivity (Wildman–Crippen MR) is 124 cm³/mol. The van der Waals surface area contributed by atoms with E-state index in [2.05, 4.69) is 29.2 Å². The highest BCUT2D eigenvalue weighted by Crippen LogP contribution is 2.35.